The van der Waals surface area contributed by atoms with Crippen LogP contribution in [0.2, 0.25) is 0 Å². The van der Waals surface area contributed by atoms with Gasteiger partial charge < -0.3 is 24.2 Å². The molecule has 9 nitrogen and oxygen atoms in total. The average molecular weight is 545 g/mol. The summed E-state index contributed by atoms with van der Waals surface area (Å²) in [6, 6.07) is 10.5. The average Bonchev–Trinajstić information content (AvgIpc) is 3.21. The van der Waals surface area contributed by atoms with Gasteiger partial charge in [0.2, 0.25) is 5.91 Å². The van der Waals surface area contributed by atoms with Crippen LogP contribution in [0.15, 0.2) is 54.9 Å². The van der Waals surface area contributed by atoms with Crippen LogP contribution in [0.3, 0.4) is 0 Å². The molecule has 0 unspecified atom stereocenters. The maximum Gasteiger partial charge on any atom is 0.248 e. The molecule has 0 radical (unpaired) electrons. The lowest BCUT2D eigenvalue weighted by Crippen LogP contribution is -2.52. The Labute approximate surface area is 226 Å². The van der Waals surface area contributed by atoms with E-state index in [9.17, 15) is 18.7 Å². The van der Waals surface area contributed by atoms with E-state index in [0.29, 0.717) is 32.8 Å². The molecule has 1 aliphatic heterocycles. The van der Waals surface area contributed by atoms with Crippen LogP contribution in [0, 0.1) is 18.6 Å². The number of hydrogen-bond donors (Lipinski definition) is 1. The van der Waals surface area contributed by atoms with Crippen molar-refractivity contribution in [1.82, 2.24) is 19.6 Å². The van der Waals surface area contributed by atoms with Gasteiger partial charge in [-0.25, -0.2) is 8.78 Å². The molecule has 1 fully saturated rings. The fourth-order valence-corrected chi connectivity index (χ4v) is 4.56. The number of halogens is 2. The second-order valence-corrected chi connectivity index (χ2v) is 9.85. The normalized spacial score (nSPS) is 18.1. The molecule has 1 amide bonds. The third-order valence-electron chi connectivity index (χ3n) is 6.31. The SMILES string of the molecule is COCC(=O)N1CCN(Cc2cccc(OCCn3cc(C)cn3)c2)C[C@@](O)(COc2cc(F)cc(F)c2)C1. The van der Waals surface area contributed by atoms with Crippen molar-refractivity contribution in [2.45, 2.75) is 25.6 Å². The summed E-state index contributed by atoms with van der Waals surface area (Å²) in [5.74, 6) is -1.15. The van der Waals surface area contributed by atoms with Crippen molar-refractivity contribution in [2.24, 2.45) is 0 Å². The van der Waals surface area contributed by atoms with E-state index in [1.807, 2.05) is 47.0 Å². The quantitative estimate of drug-likeness (QED) is 0.397. The number of hydrogen-bond acceptors (Lipinski definition) is 7. The van der Waals surface area contributed by atoms with Crippen molar-refractivity contribution in [3.8, 4) is 11.5 Å². The molecule has 1 aromatic heterocycles. The number of benzene rings is 2. The maximum absolute atomic E-state index is 13.6. The first-order valence-electron chi connectivity index (χ1n) is 12.7. The van der Waals surface area contributed by atoms with Gasteiger partial charge in [-0.15, -0.1) is 0 Å². The molecule has 0 bridgehead atoms. The molecule has 2 heterocycles. The second kappa shape index (κ2) is 13.0. The highest BCUT2D eigenvalue weighted by Gasteiger charge is 2.37. The molecule has 1 N–H and O–H groups in total. The first-order chi connectivity index (χ1) is 18.7. The molecule has 4 rings (SSSR count). The number of amides is 1. The van der Waals surface area contributed by atoms with Crippen LogP contribution in [0.1, 0.15) is 11.1 Å². The third-order valence-corrected chi connectivity index (χ3v) is 6.31. The largest absolute Gasteiger partial charge is 0.492 e. The van der Waals surface area contributed by atoms with E-state index in [0.717, 1.165) is 35.1 Å². The molecule has 39 heavy (non-hydrogen) atoms. The zero-order chi connectivity index (χ0) is 27.8. The van der Waals surface area contributed by atoms with Gasteiger partial charge in [0.05, 0.1) is 19.3 Å². The summed E-state index contributed by atoms with van der Waals surface area (Å²) in [6.07, 6.45) is 3.75. The van der Waals surface area contributed by atoms with Gasteiger partial charge >= 0.3 is 0 Å². The van der Waals surface area contributed by atoms with Gasteiger partial charge in [-0.2, -0.15) is 5.10 Å². The van der Waals surface area contributed by atoms with Crippen molar-refractivity contribution < 1.29 is 32.9 Å². The molecule has 0 saturated carbocycles. The molecule has 3 aromatic rings. The molecule has 11 heteroatoms. The Balaban J connectivity index is 1.42. The topological polar surface area (TPSA) is 89.3 Å². The highest BCUT2D eigenvalue weighted by molar-refractivity contribution is 5.77. The van der Waals surface area contributed by atoms with Crippen LogP contribution < -0.4 is 9.47 Å². The molecule has 1 aliphatic rings. The van der Waals surface area contributed by atoms with Crippen molar-refractivity contribution in [3.63, 3.8) is 0 Å². The summed E-state index contributed by atoms with van der Waals surface area (Å²) in [6.45, 7) is 4.19. The molecule has 1 atom stereocenters. The van der Waals surface area contributed by atoms with E-state index in [1.165, 1.54) is 12.0 Å². The number of rotatable bonds is 11. The third kappa shape index (κ3) is 8.47. The van der Waals surface area contributed by atoms with Crippen molar-refractivity contribution in [3.05, 3.63) is 77.6 Å². The second-order valence-electron chi connectivity index (χ2n) is 9.85. The molecule has 1 saturated heterocycles. The van der Waals surface area contributed by atoms with E-state index >= 15 is 0 Å². The van der Waals surface area contributed by atoms with Crippen LogP contribution in [-0.4, -0.2) is 89.3 Å². The van der Waals surface area contributed by atoms with Crippen LogP contribution in [0.4, 0.5) is 8.78 Å². The number of aryl methyl sites for hydroxylation is 1. The number of carbonyl (C=O) groups excluding carboxylic acids is 1. The first kappa shape index (κ1) is 28.5. The van der Waals surface area contributed by atoms with Crippen LogP contribution in [0.25, 0.3) is 0 Å². The van der Waals surface area contributed by atoms with Gasteiger partial charge in [-0.05, 0) is 30.2 Å². The Bertz CT molecular complexity index is 1240. The van der Waals surface area contributed by atoms with Crippen molar-refractivity contribution in [1.29, 1.82) is 0 Å². The molecule has 2 aromatic carbocycles. The fraction of sp³-hybridized carbons (Fsp3) is 0.429. The Morgan fingerprint density at radius 3 is 2.59 bits per heavy atom. The summed E-state index contributed by atoms with van der Waals surface area (Å²) >= 11 is 0. The predicted molar refractivity (Wildman–Crippen MR) is 139 cm³/mol. The van der Waals surface area contributed by atoms with E-state index in [2.05, 4.69) is 5.10 Å². The highest BCUT2D eigenvalue weighted by atomic mass is 19.1. The van der Waals surface area contributed by atoms with E-state index in [1.54, 1.807) is 6.20 Å². The number of aliphatic hydroxyl groups is 1. The molecule has 0 spiro atoms. The van der Waals surface area contributed by atoms with Gasteiger partial charge in [0.15, 0.2) is 0 Å². The zero-order valence-corrected chi connectivity index (χ0v) is 22.2. The lowest BCUT2D eigenvalue weighted by Gasteiger charge is -2.33. The Hall–Kier alpha value is -3.54. The minimum absolute atomic E-state index is 0.0143. The van der Waals surface area contributed by atoms with Crippen molar-refractivity contribution >= 4 is 5.91 Å². The Morgan fingerprint density at radius 1 is 1.08 bits per heavy atom. The number of carbonyl (C=O) groups is 1. The number of nitrogens with zero attached hydrogens (tertiary/aromatic N) is 4. The Kier molecular flexibility index (Phi) is 9.50. The lowest BCUT2D eigenvalue weighted by molar-refractivity contribution is -0.138. The summed E-state index contributed by atoms with van der Waals surface area (Å²) in [5, 5.41) is 15.8. The van der Waals surface area contributed by atoms with Crippen LogP contribution in [0.5, 0.6) is 11.5 Å². The first-order valence-corrected chi connectivity index (χ1v) is 12.7. The number of aromatic nitrogens is 2. The monoisotopic (exact) mass is 544 g/mol. The fourth-order valence-electron chi connectivity index (χ4n) is 4.56. The van der Waals surface area contributed by atoms with Crippen LogP contribution in [-0.2, 0) is 22.6 Å². The summed E-state index contributed by atoms with van der Waals surface area (Å²) < 4.78 is 45.6. The van der Waals surface area contributed by atoms with Crippen molar-refractivity contribution in [2.75, 3.05) is 53.1 Å². The molecular weight excluding hydrogens is 510 g/mol. The summed E-state index contributed by atoms with van der Waals surface area (Å²) in [7, 11) is 1.43. The molecule has 210 valence electrons. The number of β-amino-alcohol motifs (C(OH)–C–C–N with tert-alkyl or cyclic N) is 1. The number of ether oxygens (including phenoxy) is 3. The minimum Gasteiger partial charge on any atom is -0.492 e. The molecule has 0 aliphatic carbocycles. The van der Waals surface area contributed by atoms with Gasteiger partial charge in [0, 0.05) is 57.7 Å². The van der Waals surface area contributed by atoms with Gasteiger partial charge in [-0.3, -0.25) is 14.4 Å². The smallest absolute Gasteiger partial charge is 0.248 e. The van der Waals surface area contributed by atoms with E-state index in [-0.39, 0.29) is 38.0 Å². The highest BCUT2D eigenvalue weighted by Crippen LogP contribution is 2.22. The zero-order valence-electron chi connectivity index (χ0n) is 22.2. The Morgan fingerprint density at radius 2 is 1.87 bits per heavy atom. The van der Waals surface area contributed by atoms with Gasteiger partial charge in [-0.1, -0.05) is 12.1 Å². The van der Waals surface area contributed by atoms with Crippen LogP contribution >= 0.6 is 0 Å². The summed E-state index contributed by atoms with van der Waals surface area (Å²) in [4.78, 5) is 16.2. The van der Waals surface area contributed by atoms with Gasteiger partial charge in [0.1, 0.15) is 48.6 Å². The maximum atomic E-state index is 13.6. The molecular formula is C28H34F2N4O5. The van der Waals surface area contributed by atoms with E-state index < -0.39 is 17.2 Å². The standard InChI is InChI=1S/C28H34F2N4O5/c1-21-14-31-34(15-21)8-9-38-25-5-3-4-22(10-25)16-32-6-7-33(27(35)17-37-2)19-28(36,18-32)20-39-26-12-23(29)11-24(30)13-26/h3-5,10-15,36H,6-9,16-20H2,1-2H3/t28-/m0/s1. The minimum atomic E-state index is -1.50. The predicted octanol–water partition coefficient (Wildman–Crippen LogP) is 2.65. The van der Waals surface area contributed by atoms with Gasteiger partial charge in [0.25, 0.3) is 0 Å². The lowest BCUT2D eigenvalue weighted by atomic mass is 10.0. The van der Waals surface area contributed by atoms with E-state index in [4.69, 9.17) is 14.2 Å². The summed E-state index contributed by atoms with van der Waals surface area (Å²) in [5.41, 5.74) is 0.554. The number of methoxy groups -OCH3 is 1.